The Kier molecular flexibility index (Phi) is 7.09. The van der Waals surface area contributed by atoms with E-state index < -0.39 is 16.5 Å². The average Bonchev–Trinajstić information content (AvgIpc) is 2.83. The quantitative estimate of drug-likeness (QED) is 0.104. The van der Waals surface area contributed by atoms with Crippen molar-refractivity contribution in [1.82, 2.24) is 5.32 Å². The number of nitro groups is 1. The first kappa shape index (κ1) is 23.7. The zero-order valence-electron chi connectivity index (χ0n) is 18.5. The van der Waals surface area contributed by atoms with Crippen LogP contribution in [0.3, 0.4) is 0 Å². The molecule has 2 heterocycles. The Morgan fingerprint density at radius 3 is 2.62 bits per heavy atom. The van der Waals surface area contributed by atoms with E-state index in [1.807, 2.05) is 11.8 Å². The summed E-state index contributed by atoms with van der Waals surface area (Å²) in [5.41, 5.74) is 1.46. The fraction of sp³-hybridized carbons (Fsp3) is 0.250. The monoisotopic (exact) mass is 482 g/mol. The molecule has 0 radical (unpaired) electrons. The molecule has 10 heteroatoms. The summed E-state index contributed by atoms with van der Waals surface area (Å²) < 4.78 is 15.9. The van der Waals surface area contributed by atoms with Crippen molar-refractivity contribution in [3.8, 4) is 0 Å². The lowest BCUT2D eigenvalue weighted by Gasteiger charge is -2.31. The standard InChI is InChI=1S/C24H23FN4O4S/c1-2-34-24-22-17(14-20(25)23(24)27-11-9-26-10-12-27)13-18(15-28(22)31)21(30)8-5-16-3-6-19(7-4-16)29(32)33/h3-8,13-15,26H,2,9-12H2,1H3. The summed E-state index contributed by atoms with van der Waals surface area (Å²) in [7, 11) is 0. The van der Waals surface area contributed by atoms with Gasteiger partial charge >= 0.3 is 0 Å². The Bertz CT molecular complexity index is 1270. The van der Waals surface area contributed by atoms with Crippen molar-refractivity contribution in [2.75, 3.05) is 36.8 Å². The summed E-state index contributed by atoms with van der Waals surface area (Å²) in [4.78, 5) is 25.5. The minimum Gasteiger partial charge on any atom is -0.618 e. The van der Waals surface area contributed by atoms with Gasteiger partial charge in [-0.15, -0.1) is 11.8 Å². The maximum Gasteiger partial charge on any atom is 0.269 e. The minimum absolute atomic E-state index is 0.0478. The van der Waals surface area contributed by atoms with E-state index in [1.165, 1.54) is 66.5 Å². The van der Waals surface area contributed by atoms with Crippen LogP contribution in [0, 0.1) is 21.1 Å². The molecule has 0 aliphatic carbocycles. The molecule has 1 aromatic heterocycles. The van der Waals surface area contributed by atoms with Gasteiger partial charge in [0, 0.05) is 38.3 Å². The number of hydrogen-bond donors (Lipinski definition) is 1. The van der Waals surface area contributed by atoms with Gasteiger partial charge in [0.2, 0.25) is 5.52 Å². The highest BCUT2D eigenvalue weighted by molar-refractivity contribution is 7.99. The lowest BCUT2D eigenvalue weighted by atomic mass is 10.1. The molecule has 8 nitrogen and oxygen atoms in total. The number of carbonyl (C=O) groups is 1. The Morgan fingerprint density at radius 1 is 1.26 bits per heavy atom. The molecule has 0 spiro atoms. The highest BCUT2D eigenvalue weighted by Crippen LogP contribution is 2.38. The molecule has 1 fully saturated rings. The molecule has 4 rings (SSSR count). The van der Waals surface area contributed by atoms with E-state index in [0.717, 1.165) is 13.1 Å². The van der Waals surface area contributed by atoms with Crippen molar-refractivity contribution < 1.29 is 18.8 Å². The lowest BCUT2D eigenvalue weighted by molar-refractivity contribution is -0.578. The predicted octanol–water partition coefficient (Wildman–Crippen LogP) is 3.94. The Labute approximate surface area is 199 Å². The lowest BCUT2D eigenvalue weighted by Crippen LogP contribution is -2.44. The zero-order valence-corrected chi connectivity index (χ0v) is 19.3. The van der Waals surface area contributed by atoms with E-state index in [-0.39, 0.29) is 11.3 Å². The number of pyridine rings is 1. The third-order valence-electron chi connectivity index (χ3n) is 5.54. The second kappa shape index (κ2) is 10.2. The van der Waals surface area contributed by atoms with Crippen molar-refractivity contribution >= 4 is 45.9 Å². The van der Waals surface area contributed by atoms with Gasteiger partial charge in [-0.1, -0.05) is 13.0 Å². The molecule has 0 amide bonds. The molecule has 3 aromatic rings. The summed E-state index contributed by atoms with van der Waals surface area (Å²) in [5, 5.41) is 27.4. The van der Waals surface area contributed by atoms with Crippen molar-refractivity contribution in [2.45, 2.75) is 11.8 Å². The summed E-state index contributed by atoms with van der Waals surface area (Å²) >= 11 is 1.41. The molecule has 176 valence electrons. The highest BCUT2D eigenvalue weighted by Gasteiger charge is 2.26. The number of carbonyl (C=O) groups excluding carboxylic acids is 1. The number of benzene rings is 2. The molecule has 0 atom stereocenters. The first-order valence-corrected chi connectivity index (χ1v) is 11.8. The first-order valence-electron chi connectivity index (χ1n) is 10.8. The van der Waals surface area contributed by atoms with Crippen LogP contribution in [0.2, 0.25) is 0 Å². The van der Waals surface area contributed by atoms with Crippen LogP contribution in [0.15, 0.2) is 53.6 Å². The second-order valence-electron chi connectivity index (χ2n) is 7.74. The molecule has 34 heavy (non-hydrogen) atoms. The molecule has 1 N–H and O–H groups in total. The summed E-state index contributed by atoms with van der Waals surface area (Å²) in [6, 6.07) is 8.58. The minimum atomic E-state index is -0.501. The molecule has 1 aliphatic heterocycles. The van der Waals surface area contributed by atoms with Crippen molar-refractivity contribution in [1.29, 1.82) is 0 Å². The van der Waals surface area contributed by atoms with Crippen LogP contribution in [-0.2, 0) is 0 Å². The van der Waals surface area contributed by atoms with E-state index in [2.05, 4.69) is 5.32 Å². The Morgan fingerprint density at radius 2 is 1.97 bits per heavy atom. The number of rotatable bonds is 7. The molecule has 0 bridgehead atoms. The average molecular weight is 483 g/mol. The van der Waals surface area contributed by atoms with Gasteiger partial charge in [0.25, 0.3) is 5.69 Å². The van der Waals surface area contributed by atoms with E-state index >= 15 is 4.39 Å². The number of hydrogen-bond acceptors (Lipinski definition) is 7. The van der Waals surface area contributed by atoms with E-state index in [4.69, 9.17) is 0 Å². The van der Waals surface area contributed by atoms with Gasteiger partial charge in [-0.05, 0) is 41.7 Å². The number of fused-ring (bicyclic) bond motifs is 1. The van der Waals surface area contributed by atoms with Crippen LogP contribution in [0.5, 0.6) is 0 Å². The number of nitrogens with one attached hydrogen (secondary N) is 1. The molecule has 1 aliphatic rings. The number of nitrogens with zero attached hydrogens (tertiary/aromatic N) is 3. The third kappa shape index (κ3) is 4.87. The van der Waals surface area contributed by atoms with E-state index in [0.29, 0.717) is 50.6 Å². The van der Waals surface area contributed by atoms with Crippen molar-refractivity contribution in [2.24, 2.45) is 0 Å². The number of ketones is 1. The van der Waals surface area contributed by atoms with Crippen LogP contribution >= 0.6 is 11.8 Å². The van der Waals surface area contributed by atoms with Crippen LogP contribution in [-0.4, -0.2) is 42.6 Å². The fourth-order valence-corrected chi connectivity index (χ4v) is 4.93. The maximum atomic E-state index is 15.3. The van der Waals surface area contributed by atoms with Crippen LogP contribution in [0.25, 0.3) is 17.0 Å². The summed E-state index contributed by atoms with van der Waals surface area (Å²) in [5.74, 6) is -0.187. The number of nitro benzene ring substituents is 1. The van der Waals surface area contributed by atoms with Gasteiger partial charge in [0.05, 0.1) is 21.6 Å². The number of allylic oxidation sites excluding steroid dienone is 1. The number of aromatic nitrogens is 1. The number of non-ortho nitro benzene ring substituents is 1. The normalized spacial score (nSPS) is 14.1. The maximum absolute atomic E-state index is 15.3. The van der Waals surface area contributed by atoms with Gasteiger partial charge < -0.3 is 15.4 Å². The second-order valence-corrected chi connectivity index (χ2v) is 9.02. The fourth-order valence-electron chi connectivity index (χ4n) is 3.93. The zero-order chi connectivity index (χ0) is 24.2. The Balaban J connectivity index is 1.70. The Hall–Kier alpha value is -3.50. The first-order chi connectivity index (χ1) is 16.4. The highest BCUT2D eigenvalue weighted by atomic mass is 32.2. The van der Waals surface area contributed by atoms with E-state index in [9.17, 15) is 20.1 Å². The smallest absolute Gasteiger partial charge is 0.269 e. The predicted molar refractivity (Wildman–Crippen MR) is 131 cm³/mol. The summed E-state index contributed by atoms with van der Waals surface area (Å²) in [6.07, 6.45) is 4.01. The van der Waals surface area contributed by atoms with Gasteiger partial charge in [-0.3, -0.25) is 14.9 Å². The van der Waals surface area contributed by atoms with E-state index in [1.54, 1.807) is 0 Å². The molecule has 2 aromatic carbocycles. The molecule has 0 saturated carbocycles. The van der Waals surface area contributed by atoms with Crippen molar-refractivity contribution in [3.63, 3.8) is 0 Å². The molecule has 1 saturated heterocycles. The van der Waals surface area contributed by atoms with Crippen LogP contribution in [0.4, 0.5) is 15.8 Å². The topological polar surface area (TPSA) is 102 Å². The van der Waals surface area contributed by atoms with Crippen molar-refractivity contribution in [3.05, 3.63) is 80.9 Å². The number of halogens is 1. The number of thioether (sulfide) groups is 1. The molecule has 0 unspecified atom stereocenters. The van der Waals surface area contributed by atoms with Gasteiger partial charge in [-0.2, -0.15) is 4.73 Å². The number of piperazine rings is 1. The summed E-state index contributed by atoms with van der Waals surface area (Å²) in [6.45, 7) is 4.70. The van der Waals surface area contributed by atoms with Gasteiger partial charge in [0.1, 0.15) is 10.7 Å². The van der Waals surface area contributed by atoms with Crippen LogP contribution in [0.1, 0.15) is 22.8 Å². The third-order valence-corrected chi connectivity index (χ3v) is 6.50. The number of anilines is 1. The van der Waals surface area contributed by atoms with Gasteiger partial charge in [-0.25, -0.2) is 4.39 Å². The molecular weight excluding hydrogens is 459 g/mol. The SMILES string of the molecule is CCSc1c(N2CCNCC2)c(F)cc2cc(C(=O)C=Cc3ccc([N+](=O)[O-])cc3)c[n+]([O-])c12. The van der Waals surface area contributed by atoms with Crippen LogP contribution < -0.4 is 14.9 Å². The molecular formula is C24H23FN4O4S. The van der Waals surface area contributed by atoms with Gasteiger partial charge in [0.15, 0.2) is 12.0 Å². The largest absolute Gasteiger partial charge is 0.618 e.